The summed E-state index contributed by atoms with van der Waals surface area (Å²) in [6, 6.07) is 3.15. The third kappa shape index (κ3) is 1.13. The van der Waals surface area contributed by atoms with Gasteiger partial charge in [-0.25, -0.2) is 13.8 Å². The summed E-state index contributed by atoms with van der Waals surface area (Å²) in [5.74, 6) is -2.79. The molecule has 1 saturated carbocycles. The van der Waals surface area contributed by atoms with Crippen LogP contribution < -0.4 is 5.73 Å². The molecule has 0 spiro atoms. The van der Waals surface area contributed by atoms with Gasteiger partial charge >= 0.3 is 0 Å². The molecule has 1 aliphatic carbocycles. The van der Waals surface area contributed by atoms with Gasteiger partial charge in [-0.3, -0.25) is 0 Å². The van der Waals surface area contributed by atoms with Crippen molar-refractivity contribution in [1.82, 2.24) is 4.98 Å². The average molecular weight is 170 g/mol. The number of hydrogen-bond donors (Lipinski definition) is 1. The molecule has 1 unspecified atom stereocenters. The summed E-state index contributed by atoms with van der Waals surface area (Å²) in [5.41, 5.74) is 5.89. The second-order valence-electron chi connectivity index (χ2n) is 3.03. The van der Waals surface area contributed by atoms with Crippen LogP contribution in [0.5, 0.6) is 0 Å². The predicted octanol–water partition coefficient (Wildman–Crippen LogP) is 1.79. The Labute approximate surface area is 68.4 Å². The molecule has 0 saturated heterocycles. The molecule has 12 heavy (non-hydrogen) atoms. The second-order valence-corrected chi connectivity index (χ2v) is 3.03. The number of alkyl halides is 2. The van der Waals surface area contributed by atoms with Crippen molar-refractivity contribution in [3.63, 3.8) is 0 Å². The number of hydrogen-bond acceptors (Lipinski definition) is 2. The van der Waals surface area contributed by atoms with Gasteiger partial charge in [-0.1, -0.05) is 6.07 Å². The van der Waals surface area contributed by atoms with Crippen LogP contribution in [0, 0.1) is 0 Å². The van der Waals surface area contributed by atoms with E-state index in [1.54, 1.807) is 12.1 Å². The van der Waals surface area contributed by atoms with Crippen LogP contribution >= 0.6 is 0 Å². The molecule has 2 rings (SSSR count). The van der Waals surface area contributed by atoms with Gasteiger partial charge in [-0.15, -0.1) is 0 Å². The molecule has 1 aromatic rings. The second kappa shape index (κ2) is 2.15. The van der Waals surface area contributed by atoms with Gasteiger partial charge in [0.2, 0.25) is 0 Å². The van der Waals surface area contributed by atoms with Gasteiger partial charge in [-0.2, -0.15) is 0 Å². The molecule has 64 valence electrons. The highest BCUT2D eigenvalue weighted by Crippen LogP contribution is 2.55. The van der Waals surface area contributed by atoms with Gasteiger partial charge in [0.05, 0.1) is 5.92 Å². The lowest BCUT2D eigenvalue weighted by molar-refractivity contribution is 0.112. The Morgan fingerprint density at radius 3 is 2.58 bits per heavy atom. The first-order valence-corrected chi connectivity index (χ1v) is 3.69. The van der Waals surface area contributed by atoms with Gasteiger partial charge in [0.25, 0.3) is 5.92 Å². The lowest BCUT2D eigenvalue weighted by Crippen LogP contribution is -1.95. The highest BCUT2D eigenvalue weighted by Gasteiger charge is 2.57. The molecular formula is C8H8F2N2. The highest BCUT2D eigenvalue weighted by molar-refractivity contribution is 5.34. The van der Waals surface area contributed by atoms with Crippen LogP contribution in [0.15, 0.2) is 18.3 Å². The number of rotatable bonds is 1. The monoisotopic (exact) mass is 170 g/mol. The maximum absolute atomic E-state index is 12.5. The van der Waals surface area contributed by atoms with E-state index in [1.165, 1.54) is 6.20 Å². The average Bonchev–Trinajstić information content (AvgIpc) is 2.61. The molecule has 1 atom stereocenters. The number of nitrogen functional groups attached to an aromatic ring is 1. The highest BCUT2D eigenvalue weighted by atomic mass is 19.3. The number of anilines is 1. The molecule has 1 fully saturated rings. The van der Waals surface area contributed by atoms with Crippen LogP contribution in [-0.2, 0) is 0 Å². The van der Waals surface area contributed by atoms with Crippen molar-refractivity contribution in [2.24, 2.45) is 0 Å². The van der Waals surface area contributed by atoms with E-state index < -0.39 is 11.8 Å². The van der Waals surface area contributed by atoms with Gasteiger partial charge in [0.1, 0.15) is 5.82 Å². The minimum atomic E-state index is -2.52. The molecular weight excluding hydrogens is 162 g/mol. The Morgan fingerprint density at radius 1 is 1.50 bits per heavy atom. The molecule has 1 aromatic heterocycles. The van der Waals surface area contributed by atoms with Gasteiger partial charge in [-0.05, 0) is 11.6 Å². The van der Waals surface area contributed by atoms with E-state index in [1.807, 2.05) is 0 Å². The summed E-state index contributed by atoms with van der Waals surface area (Å²) in [5, 5.41) is 0. The van der Waals surface area contributed by atoms with E-state index in [9.17, 15) is 8.78 Å². The smallest absolute Gasteiger partial charge is 0.255 e. The lowest BCUT2D eigenvalue weighted by Gasteiger charge is -1.98. The van der Waals surface area contributed by atoms with Gasteiger partial charge in [0, 0.05) is 12.6 Å². The van der Waals surface area contributed by atoms with Crippen LogP contribution in [0.4, 0.5) is 14.6 Å². The van der Waals surface area contributed by atoms with Crippen molar-refractivity contribution in [1.29, 1.82) is 0 Å². The van der Waals surface area contributed by atoms with Crippen LogP contribution in [-0.4, -0.2) is 10.9 Å². The molecule has 0 aromatic carbocycles. The van der Waals surface area contributed by atoms with E-state index in [0.29, 0.717) is 11.4 Å². The summed E-state index contributed by atoms with van der Waals surface area (Å²) < 4.78 is 25.0. The number of nitrogens with zero attached hydrogens (tertiary/aromatic N) is 1. The van der Waals surface area contributed by atoms with Crippen LogP contribution in [0.3, 0.4) is 0 Å². The Bertz CT molecular complexity index is 294. The van der Waals surface area contributed by atoms with Gasteiger partial charge in [0.15, 0.2) is 0 Å². The summed E-state index contributed by atoms with van der Waals surface area (Å²) in [6.45, 7) is 0. The minimum absolute atomic E-state index is 0.0569. The first kappa shape index (κ1) is 7.46. The number of nitrogens with two attached hydrogens (primary N) is 1. The zero-order chi connectivity index (χ0) is 8.77. The molecule has 2 nitrogen and oxygen atoms in total. The zero-order valence-corrected chi connectivity index (χ0v) is 6.30. The fraction of sp³-hybridized carbons (Fsp3) is 0.375. The van der Waals surface area contributed by atoms with Crippen molar-refractivity contribution >= 4 is 5.82 Å². The summed E-state index contributed by atoms with van der Waals surface area (Å²) in [7, 11) is 0. The molecule has 0 amide bonds. The van der Waals surface area contributed by atoms with Crippen LogP contribution in [0.25, 0.3) is 0 Å². The van der Waals surface area contributed by atoms with E-state index >= 15 is 0 Å². The minimum Gasteiger partial charge on any atom is -0.384 e. The largest absolute Gasteiger partial charge is 0.384 e. The molecule has 0 bridgehead atoms. The standard InChI is InChI=1S/C8H8F2N2/c9-8(10)3-6(8)5-1-2-7(11)12-4-5/h1-2,4,6H,3H2,(H2,11,12). The van der Waals surface area contributed by atoms with Gasteiger partial charge < -0.3 is 5.73 Å². The number of halogens is 2. The SMILES string of the molecule is Nc1ccc(C2CC2(F)F)cn1. The molecule has 1 heterocycles. The zero-order valence-electron chi connectivity index (χ0n) is 6.30. The van der Waals surface area contributed by atoms with Crippen molar-refractivity contribution in [2.45, 2.75) is 18.3 Å². The first-order valence-electron chi connectivity index (χ1n) is 3.69. The third-order valence-electron chi connectivity index (χ3n) is 2.04. The van der Waals surface area contributed by atoms with E-state index in [0.717, 1.165) is 0 Å². The van der Waals surface area contributed by atoms with E-state index in [4.69, 9.17) is 5.73 Å². The molecule has 0 aliphatic heterocycles. The summed E-state index contributed by atoms with van der Waals surface area (Å²) >= 11 is 0. The maximum Gasteiger partial charge on any atom is 0.255 e. The number of pyridine rings is 1. The van der Waals surface area contributed by atoms with Crippen molar-refractivity contribution in [3.05, 3.63) is 23.9 Å². The quantitative estimate of drug-likeness (QED) is 0.697. The Kier molecular flexibility index (Phi) is 1.34. The number of aromatic nitrogens is 1. The maximum atomic E-state index is 12.5. The Morgan fingerprint density at radius 2 is 2.17 bits per heavy atom. The Balaban J connectivity index is 2.21. The van der Waals surface area contributed by atoms with Crippen molar-refractivity contribution < 1.29 is 8.78 Å². The van der Waals surface area contributed by atoms with E-state index in [2.05, 4.69) is 4.98 Å². The normalized spacial score (nSPS) is 25.3. The molecule has 2 N–H and O–H groups in total. The summed E-state index contributed by atoms with van der Waals surface area (Å²) in [4.78, 5) is 3.75. The van der Waals surface area contributed by atoms with Crippen molar-refractivity contribution in [2.75, 3.05) is 5.73 Å². The fourth-order valence-corrected chi connectivity index (χ4v) is 1.20. The topological polar surface area (TPSA) is 38.9 Å². The first-order chi connectivity index (χ1) is 5.59. The molecule has 4 heteroatoms. The summed E-state index contributed by atoms with van der Waals surface area (Å²) in [6.07, 6.45) is 1.36. The lowest BCUT2D eigenvalue weighted by atomic mass is 10.2. The third-order valence-corrected chi connectivity index (χ3v) is 2.04. The molecule has 1 aliphatic rings. The predicted molar refractivity (Wildman–Crippen MR) is 41.0 cm³/mol. The van der Waals surface area contributed by atoms with Crippen LogP contribution in [0.2, 0.25) is 0 Å². The van der Waals surface area contributed by atoms with E-state index in [-0.39, 0.29) is 6.42 Å². The fourth-order valence-electron chi connectivity index (χ4n) is 1.20. The Hall–Kier alpha value is -1.19. The van der Waals surface area contributed by atoms with Crippen LogP contribution in [0.1, 0.15) is 17.9 Å². The molecule has 0 radical (unpaired) electrons. The van der Waals surface area contributed by atoms with Crippen molar-refractivity contribution in [3.8, 4) is 0 Å².